The van der Waals surface area contributed by atoms with Gasteiger partial charge < -0.3 is 20.4 Å². The molecule has 8 heteroatoms. The first-order valence-electron chi connectivity index (χ1n) is 18.6. The fourth-order valence-corrected chi connectivity index (χ4v) is 6.33. The van der Waals surface area contributed by atoms with Crippen molar-refractivity contribution in [1.29, 1.82) is 0 Å². The highest BCUT2D eigenvalue weighted by atomic mass is 16.4. The van der Waals surface area contributed by atoms with Crippen molar-refractivity contribution in [3.8, 4) is 0 Å². The monoisotopic (exact) mass is 640 g/mol. The summed E-state index contributed by atoms with van der Waals surface area (Å²) in [4.78, 5) is 45.2. The molecular formula is C37H68O8. The lowest BCUT2D eigenvalue weighted by molar-refractivity contribution is -0.144. The second-order valence-corrected chi connectivity index (χ2v) is 13.4. The minimum atomic E-state index is -1.01. The minimum absolute atomic E-state index is 0.0831. The summed E-state index contributed by atoms with van der Waals surface area (Å²) in [5.74, 6) is -4.80. The van der Waals surface area contributed by atoms with Gasteiger partial charge >= 0.3 is 23.9 Å². The van der Waals surface area contributed by atoms with E-state index in [1.54, 1.807) is 0 Å². The van der Waals surface area contributed by atoms with Crippen LogP contribution in [0.3, 0.4) is 0 Å². The maximum Gasteiger partial charge on any atom is 0.306 e. The Morgan fingerprint density at radius 1 is 0.356 bits per heavy atom. The molecule has 3 atom stereocenters. The van der Waals surface area contributed by atoms with Crippen molar-refractivity contribution in [2.24, 2.45) is 17.8 Å². The maximum atomic E-state index is 11.6. The van der Waals surface area contributed by atoms with Gasteiger partial charge in [0.15, 0.2) is 0 Å². The van der Waals surface area contributed by atoms with E-state index in [0.717, 1.165) is 51.4 Å². The van der Waals surface area contributed by atoms with Crippen molar-refractivity contribution in [3.05, 3.63) is 0 Å². The zero-order chi connectivity index (χ0) is 33.5. The Labute approximate surface area is 274 Å². The number of unbranched alkanes of at least 4 members (excludes halogenated alkanes) is 19. The van der Waals surface area contributed by atoms with Gasteiger partial charge in [-0.05, 0) is 38.5 Å². The third-order valence-corrected chi connectivity index (χ3v) is 9.37. The maximum absolute atomic E-state index is 11.6. The Morgan fingerprint density at radius 3 is 0.867 bits per heavy atom. The quantitative estimate of drug-likeness (QED) is 0.0500. The third kappa shape index (κ3) is 27.9. The van der Waals surface area contributed by atoms with Crippen molar-refractivity contribution < 1.29 is 39.6 Å². The Balaban J connectivity index is 3.67. The van der Waals surface area contributed by atoms with Gasteiger partial charge in [-0.3, -0.25) is 19.2 Å². The summed E-state index contributed by atoms with van der Waals surface area (Å²) in [5, 5.41) is 37.1. The lowest BCUT2D eigenvalue weighted by Gasteiger charge is -2.15. The number of rotatable bonds is 35. The Kier molecular flexibility index (Phi) is 29.1. The van der Waals surface area contributed by atoms with E-state index in [1.165, 1.54) is 96.3 Å². The van der Waals surface area contributed by atoms with Gasteiger partial charge in [-0.25, -0.2) is 0 Å². The van der Waals surface area contributed by atoms with E-state index in [2.05, 4.69) is 6.92 Å². The van der Waals surface area contributed by atoms with E-state index in [4.69, 9.17) is 5.11 Å². The molecule has 0 aromatic carbocycles. The average Bonchev–Trinajstić information content (AvgIpc) is 2.99. The van der Waals surface area contributed by atoms with Crippen LogP contribution in [-0.2, 0) is 19.2 Å². The second-order valence-electron chi connectivity index (χ2n) is 13.4. The Morgan fingerprint density at radius 2 is 0.600 bits per heavy atom. The lowest BCUT2D eigenvalue weighted by atomic mass is 9.91. The van der Waals surface area contributed by atoms with E-state index in [-0.39, 0.29) is 18.8 Å². The highest BCUT2D eigenvalue weighted by molar-refractivity contribution is 5.72. The molecule has 0 heterocycles. The van der Waals surface area contributed by atoms with Gasteiger partial charge in [0, 0.05) is 6.42 Å². The van der Waals surface area contributed by atoms with E-state index < -0.39 is 35.7 Å². The highest BCUT2D eigenvalue weighted by Crippen LogP contribution is 2.23. The Hall–Kier alpha value is -2.12. The molecule has 0 fully saturated rings. The summed E-state index contributed by atoms with van der Waals surface area (Å²) in [6.07, 6.45) is 28.5. The molecule has 0 bridgehead atoms. The first-order valence-corrected chi connectivity index (χ1v) is 18.6. The fraction of sp³-hybridized carbons (Fsp3) is 0.892. The standard InChI is InChI=1S/C37H68O8/c1-2-3-4-5-14-17-20-24-31(35(40)41)25-21-18-15-12-10-8-6-7-9-11-13-16-19-22-26-32(36(42)43)27-23-28-33(37(44)45)29-30-34(38)39/h31-33H,2-30H2,1H3,(H,38,39)(H,40,41)(H,42,43)(H,44,45). The molecule has 0 spiro atoms. The normalized spacial score (nSPS) is 13.4. The molecule has 0 saturated heterocycles. The van der Waals surface area contributed by atoms with Crippen molar-refractivity contribution in [2.45, 2.75) is 193 Å². The first-order chi connectivity index (χ1) is 21.7. The van der Waals surface area contributed by atoms with E-state index in [1.807, 2.05) is 0 Å². The van der Waals surface area contributed by atoms with Gasteiger partial charge in [0.25, 0.3) is 0 Å². The van der Waals surface area contributed by atoms with Crippen LogP contribution in [0.4, 0.5) is 0 Å². The SMILES string of the molecule is CCCCCCCCCC(CCCCCCCCCCCCCCCCC(CCCC(CCC(=O)O)C(=O)O)C(=O)O)C(=O)O. The summed E-state index contributed by atoms with van der Waals surface area (Å²) in [6, 6.07) is 0. The molecule has 264 valence electrons. The molecule has 0 amide bonds. The smallest absolute Gasteiger partial charge is 0.306 e. The van der Waals surface area contributed by atoms with Gasteiger partial charge in [-0.1, -0.05) is 148 Å². The van der Waals surface area contributed by atoms with E-state index in [9.17, 15) is 34.5 Å². The van der Waals surface area contributed by atoms with E-state index in [0.29, 0.717) is 25.7 Å². The number of hydrogen-bond acceptors (Lipinski definition) is 4. The molecule has 0 rings (SSSR count). The largest absolute Gasteiger partial charge is 0.481 e. The Bertz CT molecular complexity index is 753. The summed E-state index contributed by atoms with van der Waals surface area (Å²) >= 11 is 0. The number of carbonyl (C=O) groups is 4. The molecule has 45 heavy (non-hydrogen) atoms. The second kappa shape index (κ2) is 30.5. The molecule has 0 radical (unpaired) electrons. The molecule has 0 aliphatic rings. The van der Waals surface area contributed by atoms with Crippen LogP contribution >= 0.6 is 0 Å². The van der Waals surface area contributed by atoms with Crippen molar-refractivity contribution in [1.82, 2.24) is 0 Å². The van der Waals surface area contributed by atoms with Crippen LogP contribution < -0.4 is 0 Å². The van der Waals surface area contributed by atoms with Gasteiger partial charge in [0.2, 0.25) is 0 Å². The molecular weight excluding hydrogens is 572 g/mol. The summed E-state index contributed by atoms with van der Waals surface area (Å²) in [5.41, 5.74) is 0. The first kappa shape index (κ1) is 42.9. The van der Waals surface area contributed by atoms with Crippen LogP contribution in [0.1, 0.15) is 193 Å². The number of carboxylic acid groups (broad SMARTS) is 4. The van der Waals surface area contributed by atoms with E-state index >= 15 is 0 Å². The summed E-state index contributed by atoms with van der Waals surface area (Å²) < 4.78 is 0. The van der Waals surface area contributed by atoms with Crippen LogP contribution in [0, 0.1) is 17.8 Å². The van der Waals surface area contributed by atoms with Gasteiger partial charge in [0.05, 0.1) is 17.8 Å². The van der Waals surface area contributed by atoms with Gasteiger partial charge in [-0.2, -0.15) is 0 Å². The molecule has 4 N–H and O–H groups in total. The summed E-state index contributed by atoms with van der Waals surface area (Å²) in [7, 11) is 0. The van der Waals surface area contributed by atoms with Crippen LogP contribution in [0.5, 0.6) is 0 Å². The topological polar surface area (TPSA) is 149 Å². The molecule has 3 unspecified atom stereocenters. The highest BCUT2D eigenvalue weighted by Gasteiger charge is 2.21. The third-order valence-electron chi connectivity index (χ3n) is 9.37. The molecule has 0 aromatic heterocycles. The number of aliphatic carboxylic acids is 4. The molecule has 0 aliphatic heterocycles. The van der Waals surface area contributed by atoms with Gasteiger partial charge in [0.1, 0.15) is 0 Å². The number of carboxylic acids is 4. The minimum Gasteiger partial charge on any atom is -0.481 e. The molecule has 0 aliphatic carbocycles. The zero-order valence-electron chi connectivity index (χ0n) is 28.7. The van der Waals surface area contributed by atoms with Crippen molar-refractivity contribution >= 4 is 23.9 Å². The van der Waals surface area contributed by atoms with Crippen molar-refractivity contribution in [2.75, 3.05) is 0 Å². The molecule has 0 saturated carbocycles. The number of hydrogen-bond donors (Lipinski definition) is 4. The predicted octanol–water partition coefficient (Wildman–Crippen LogP) is 10.5. The average molecular weight is 641 g/mol. The van der Waals surface area contributed by atoms with Crippen LogP contribution in [0.15, 0.2) is 0 Å². The zero-order valence-corrected chi connectivity index (χ0v) is 28.7. The van der Waals surface area contributed by atoms with Crippen molar-refractivity contribution in [3.63, 3.8) is 0 Å². The fourth-order valence-electron chi connectivity index (χ4n) is 6.33. The van der Waals surface area contributed by atoms with Crippen LogP contribution in [-0.4, -0.2) is 44.3 Å². The molecule has 0 aromatic rings. The molecule has 8 nitrogen and oxygen atoms in total. The lowest BCUT2D eigenvalue weighted by Crippen LogP contribution is -2.17. The van der Waals surface area contributed by atoms with Crippen LogP contribution in [0.25, 0.3) is 0 Å². The summed E-state index contributed by atoms with van der Waals surface area (Å²) in [6.45, 7) is 2.22. The van der Waals surface area contributed by atoms with Crippen LogP contribution in [0.2, 0.25) is 0 Å². The predicted molar refractivity (Wildman–Crippen MR) is 181 cm³/mol. The van der Waals surface area contributed by atoms with Gasteiger partial charge in [-0.15, -0.1) is 0 Å².